The van der Waals surface area contributed by atoms with Gasteiger partial charge in [0.15, 0.2) is 12.4 Å². The summed E-state index contributed by atoms with van der Waals surface area (Å²) in [6.07, 6.45) is 0. The molecule has 0 aliphatic rings. The van der Waals surface area contributed by atoms with E-state index in [4.69, 9.17) is 4.74 Å². The molecule has 0 spiro atoms. The maximum Gasteiger partial charge on any atom is 0.387 e. The molecule has 0 N–H and O–H groups in total. The van der Waals surface area contributed by atoms with Crippen molar-refractivity contribution in [2.45, 2.75) is 16.4 Å². The highest BCUT2D eigenvalue weighted by Gasteiger charge is 2.17. The van der Waals surface area contributed by atoms with Gasteiger partial charge < -0.3 is 9.47 Å². The van der Waals surface area contributed by atoms with Crippen LogP contribution in [0, 0.1) is 11.3 Å². The predicted molar refractivity (Wildman–Crippen MR) is 109 cm³/mol. The molecular weight excluding hydrogens is 424 g/mol. The molecule has 31 heavy (non-hydrogen) atoms. The summed E-state index contributed by atoms with van der Waals surface area (Å²) >= 11 is 1.25. The van der Waals surface area contributed by atoms with Crippen molar-refractivity contribution in [1.29, 1.82) is 5.26 Å². The SMILES string of the molecule is N#Cc1ccccc1Sc1ccccc1C(=O)OCC(=O)c1ccc(OC(F)F)cc1. The first-order chi connectivity index (χ1) is 15.0. The Labute approximate surface area is 181 Å². The van der Waals surface area contributed by atoms with Crippen molar-refractivity contribution in [3.05, 3.63) is 89.5 Å². The maximum absolute atomic E-state index is 12.6. The first kappa shape index (κ1) is 22.0. The van der Waals surface area contributed by atoms with Crippen molar-refractivity contribution < 1.29 is 27.8 Å². The number of ether oxygens (including phenoxy) is 2. The number of carbonyl (C=O) groups is 2. The van der Waals surface area contributed by atoms with Gasteiger partial charge in [0.25, 0.3) is 0 Å². The topological polar surface area (TPSA) is 76.4 Å². The fraction of sp³-hybridized carbons (Fsp3) is 0.0870. The van der Waals surface area contributed by atoms with Crippen LogP contribution in [0.5, 0.6) is 5.75 Å². The number of carbonyl (C=O) groups excluding carboxylic acids is 2. The Hall–Kier alpha value is -3.70. The largest absolute Gasteiger partial charge is 0.454 e. The number of Topliss-reactive ketones (excluding diaryl/α,β-unsaturated/α-hetero) is 1. The van der Waals surface area contributed by atoms with Gasteiger partial charge in [-0.05, 0) is 48.5 Å². The Morgan fingerprint density at radius 3 is 2.26 bits per heavy atom. The minimum absolute atomic E-state index is 0.0767. The zero-order valence-corrected chi connectivity index (χ0v) is 16.8. The highest BCUT2D eigenvalue weighted by Crippen LogP contribution is 2.32. The van der Waals surface area contributed by atoms with E-state index in [1.807, 2.05) is 0 Å². The summed E-state index contributed by atoms with van der Waals surface area (Å²) < 4.78 is 33.8. The maximum atomic E-state index is 12.6. The fourth-order valence-corrected chi connectivity index (χ4v) is 3.62. The highest BCUT2D eigenvalue weighted by atomic mass is 32.2. The molecule has 0 heterocycles. The Morgan fingerprint density at radius 1 is 0.935 bits per heavy atom. The van der Waals surface area contributed by atoms with Gasteiger partial charge in [-0.15, -0.1) is 0 Å². The van der Waals surface area contributed by atoms with E-state index < -0.39 is 25.0 Å². The van der Waals surface area contributed by atoms with E-state index >= 15 is 0 Å². The second-order valence-electron chi connectivity index (χ2n) is 6.11. The first-order valence-electron chi connectivity index (χ1n) is 8.99. The highest BCUT2D eigenvalue weighted by molar-refractivity contribution is 7.99. The van der Waals surface area contributed by atoms with Crippen LogP contribution < -0.4 is 4.74 Å². The Bertz CT molecular complexity index is 1130. The van der Waals surface area contributed by atoms with Crippen molar-refractivity contribution >= 4 is 23.5 Å². The molecule has 0 aliphatic heterocycles. The van der Waals surface area contributed by atoms with E-state index in [0.29, 0.717) is 15.4 Å². The van der Waals surface area contributed by atoms with Crippen molar-refractivity contribution in [2.24, 2.45) is 0 Å². The summed E-state index contributed by atoms with van der Waals surface area (Å²) in [7, 11) is 0. The lowest BCUT2D eigenvalue weighted by molar-refractivity contribution is -0.0498. The van der Waals surface area contributed by atoms with Crippen LogP contribution in [-0.4, -0.2) is 25.0 Å². The van der Waals surface area contributed by atoms with E-state index in [1.165, 1.54) is 36.0 Å². The fourth-order valence-electron chi connectivity index (χ4n) is 2.61. The van der Waals surface area contributed by atoms with Crippen LogP contribution in [0.4, 0.5) is 8.78 Å². The van der Waals surface area contributed by atoms with Gasteiger partial charge in [0.05, 0.1) is 11.1 Å². The molecule has 5 nitrogen and oxygen atoms in total. The smallest absolute Gasteiger partial charge is 0.387 e. The lowest BCUT2D eigenvalue weighted by Crippen LogP contribution is -2.15. The van der Waals surface area contributed by atoms with Crippen LogP contribution in [0.15, 0.2) is 82.6 Å². The number of ketones is 1. The molecule has 0 unspecified atom stereocenters. The number of nitriles is 1. The summed E-state index contributed by atoms with van der Waals surface area (Å²) in [4.78, 5) is 26.1. The van der Waals surface area contributed by atoms with E-state index in [-0.39, 0.29) is 16.9 Å². The summed E-state index contributed by atoms with van der Waals surface area (Å²) in [5.41, 5.74) is 0.930. The lowest BCUT2D eigenvalue weighted by Gasteiger charge is -2.10. The van der Waals surface area contributed by atoms with E-state index in [9.17, 15) is 23.6 Å². The second-order valence-corrected chi connectivity index (χ2v) is 7.19. The van der Waals surface area contributed by atoms with Gasteiger partial charge >= 0.3 is 12.6 Å². The van der Waals surface area contributed by atoms with Crippen molar-refractivity contribution in [3.63, 3.8) is 0 Å². The van der Waals surface area contributed by atoms with Gasteiger partial charge in [-0.1, -0.05) is 36.0 Å². The standard InChI is InChI=1S/C23H15F2NO4S/c24-23(25)30-17-11-9-15(10-12-17)19(27)14-29-22(28)18-6-2-4-8-21(18)31-20-7-3-1-5-16(20)13-26/h1-12,23H,14H2. The number of benzene rings is 3. The number of hydrogen-bond acceptors (Lipinski definition) is 6. The lowest BCUT2D eigenvalue weighted by atomic mass is 10.1. The van der Waals surface area contributed by atoms with Crippen LogP contribution in [0.1, 0.15) is 26.3 Å². The van der Waals surface area contributed by atoms with E-state index in [2.05, 4.69) is 10.8 Å². The number of rotatable bonds is 8. The third-order valence-electron chi connectivity index (χ3n) is 4.07. The molecule has 0 fully saturated rings. The van der Waals surface area contributed by atoms with Gasteiger partial charge in [0.2, 0.25) is 0 Å². The molecule has 8 heteroatoms. The zero-order valence-electron chi connectivity index (χ0n) is 16.0. The Morgan fingerprint density at radius 2 is 1.58 bits per heavy atom. The molecule has 3 rings (SSSR count). The molecule has 0 aliphatic carbocycles. The van der Waals surface area contributed by atoms with Crippen LogP contribution >= 0.6 is 11.8 Å². The van der Waals surface area contributed by atoms with Crippen LogP contribution in [0.25, 0.3) is 0 Å². The van der Waals surface area contributed by atoms with Crippen LogP contribution in [-0.2, 0) is 4.74 Å². The number of hydrogen-bond donors (Lipinski definition) is 0. The number of halogens is 2. The molecule has 3 aromatic rings. The summed E-state index contributed by atoms with van der Waals surface area (Å²) in [6, 6.07) is 20.9. The van der Waals surface area contributed by atoms with Crippen molar-refractivity contribution in [3.8, 4) is 11.8 Å². The average Bonchev–Trinajstić information content (AvgIpc) is 2.78. The molecule has 0 aromatic heterocycles. The number of alkyl halides is 2. The Balaban J connectivity index is 1.67. The molecule has 0 saturated heterocycles. The molecule has 0 radical (unpaired) electrons. The Kier molecular flexibility index (Phi) is 7.35. The molecule has 0 amide bonds. The molecule has 0 saturated carbocycles. The van der Waals surface area contributed by atoms with Gasteiger partial charge in [-0.25, -0.2) is 4.79 Å². The average molecular weight is 439 g/mol. The normalized spacial score (nSPS) is 10.4. The van der Waals surface area contributed by atoms with Crippen molar-refractivity contribution in [2.75, 3.05) is 6.61 Å². The first-order valence-corrected chi connectivity index (χ1v) is 9.81. The van der Waals surface area contributed by atoms with Crippen LogP contribution in [0.3, 0.4) is 0 Å². The number of esters is 1. The molecular formula is C23H15F2NO4S. The van der Waals surface area contributed by atoms with E-state index in [0.717, 1.165) is 0 Å². The summed E-state index contributed by atoms with van der Waals surface area (Å²) in [5.74, 6) is -1.26. The van der Waals surface area contributed by atoms with Gasteiger partial charge in [0, 0.05) is 15.4 Å². The summed E-state index contributed by atoms with van der Waals surface area (Å²) in [6.45, 7) is -3.47. The zero-order chi connectivity index (χ0) is 22.2. The molecule has 0 bridgehead atoms. The minimum Gasteiger partial charge on any atom is -0.454 e. The molecule has 3 aromatic carbocycles. The van der Waals surface area contributed by atoms with Crippen LogP contribution in [0.2, 0.25) is 0 Å². The van der Waals surface area contributed by atoms with Crippen molar-refractivity contribution in [1.82, 2.24) is 0 Å². The van der Waals surface area contributed by atoms with E-state index in [1.54, 1.807) is 48.5 Å². The quantitative estimate of drug-likeness (QED) is 0.348. The predicted octanol–water partition coefficient (Wildman–Crippen LogP) is 5.35. The summed E-state index contributed by atoms with van der Waals surface area (Å²) in [5, 5.41) is 9.25. The third kappa shape index (κ3) is 5.90. The molecule has 156 valence electrons. The van der Waals surface area contributed by atoms with Gasteiger partial charge in [-0.2, -0.15) is 14.0 Å². The number of nitrogens with zero attached hydrogens (tertiary/aromatic N) is 1. The van der Waals surface area contributed by atoms with Gasteiger partial charge in [-0.3, -0.25) is 4.79 Å². The molecule has 0 atom stereocenters. The minimum atomic E-state index is -2.96. The van der Waals surface area contributed by atoms with Gasteiger partial charge in [0.1, 0.15) is 11.8 Å². The second kappa shape index (κ2) is 10.4. The monoisotopic (exact) mass is 439 g/mol. The third-order valence-corrected chi connectivity index (χ3v) is 5.22.